The number of alkyl halides is 3. The van der Waals surface area contributed by atoms with Crippen molar-refractivity contribution in [2.75, 3.05) is 13.1 Å². The van der Waals surface area contributed by atoms with Gasteiger partial charge in [0.15, 0.2) is 5.16 Å². The molecule has 0 unspecified atom stereocenters. The Hall–Kier alpha value is -3.01. The van der Waals surface area contributed by atoms with Gasteiger partial charge in [0.05, 0.1) is 17.6 Å². The fourth-order valence-electron chi connectivity index (χ4n) is 2.43. The Kier molecular flexibility index (Phi) is 6.42. The summed E-state index contributed by atoms with van der Waals surface area (Å²) in [5.41, 5.74) is 3.13. The van der Waals surface area contributed by atoms with Crippen molar-refractivity contribution in [1.29, 1.82) is 0 Å². The maximum Gasteiger partial charge on any atom is 0.405 e. The first-order valence-corrected chi connectivity index (χ1v) is 9.57. The van der Waals surface area contributed by atoms with E-state index in [9.17, 15) is 22.8 Å². The number of nitrogens with zero attached hydrogens (tertiary/aromatic N) is 1. The van der Waals surface area contributed by atoms with Crippen LogP contribution in [0.4, 0.5) is 13.2 Å². The third-order valence-electron chi connectivity index (χ3n) is 3.85. The quantitative estimate of drug-likeness (QED) is 0.510. The number of fused-ring (bicyclic) bond motifs is 1. The van der Waals surface area contributed by atoms with Gasteiger partial charge in [0, 0.05) is 11.3 Å². The third-order valence-corrected chi connectivity index (χ3v) is 4.80. The zero-order chi connectivity index (χ0) is 20.9. The molecule has 0 aliphatic rings. The number of hydrogen-bond donors (Lipinski definition) is 3. The normalized spacial score (nSPS) is 11.4. The van der Waals surface area contributed by atoms with Crippen LogP contribution in [0.3, 0.4) is 0 Å². The molecule has 152 valence electrons. The van der Waals surface area contributed by atoms with Crippen molar-refractivity contribution in [3.05, 3.63) is 59.7 Å². The summed E-state index contributed by atoms with van der Waals surface area (Å²) in [4.78, 5) is 31.0. The second kappa shape index (κ2) is 8.99. The molecule has 1 aromatic heterocycles. The minimum Gasteiger partial charge on any atom is -0.345 e. The van der Waals surface area contributed by atoms with Gasteiger partial charge in [0.2, 0.25) is 5.91 Å². The molecule has 0 bridgehead atoms. The van der Waals surface area contributed by atoms with Crippen LogP contribution in [-0.2, 0) is 10.5 Å². The van der Waals surface area contributed by atoms with Crippen LogP contribution in [0.15, 0.2) is 53.7 Å². The lowest BCUT2D eigenvalue weighted by atomic mass is 10.1. The van der Waals surface area contributed by atoms with E-state index in [2.05, 4.69) is 15.3 Å². The van der Waals surface area contributed by atoms with Gasteiger partial charge in [-0.1, -0.05) is 36.0 Å². The van der Waals surface area contributed by atoms with E-state index >= 15 is 0 Å². The number of aromatic amines is 1. The van der Waals surface area contributed by atoms with E-state index < -0.39 is 31.1 Å². The Balaban J connectivity index is 1.47. The van der Waals surface area contributed by atoms with Crippen LogP contribution in [0, 0.1) is 0 Å². The van der Waals surface area contributed by atoms with Crippen LogP contribution in [-0.4, -0.2) is 41.0 Å². The van der Waals surface area contributed by atoms with Gasteiger partial charge in [0.1, 0.15) is 6.54 Å². The Morgan fingerprint density at radius 1 is 1.03 bits per heavy atom. The molecule has 6 nitrogen and oxygen atoms in total. The van der Waals surface area contributed by atoms with Gasteiger partial charge in [-0.3, -0.25) is 9.59 Å². The minimum atomic E-state index is -4.49. The summed E-state index contributed by atoms with van der Waals surface area (Å²) in [5, 5.41) is 4.77. The lowest BCUT2D eigenvalue weighted by molar-refractivity contribution is -0.137. The lowest BCUT2D eigenvalue weighted by Crippen LogP contribution is -2.40. The zero-order valence-corrected chi connectivity index (χ0v) is 15.9. The SMILES string of the molecule is O=C(CNC(=O)c1ccc(CSc2nc3ccccc3[nH]2)cc1)NCC(F)(F)F. The predicted molar refractivity (Wildman–Crippen MR) is 103 cm³/mol. The maximum atomic E-state index is 12.0. The summed E-state index contributed by atoms with van der Waals surface area (Å²) in [6, 6.07) is 14.5. The third kappa shape index (κ3) is 6.24. The van der Waals surface area contributed by atoms with E-state index in [-0.39, 0.29) is 0 Å². The lowest BCUT2D eigenvalue weighted by Gasteiger charge is -2.09. The van der Waals surface area contributed by atoms with Crippen molar-refractivity contribution in [2.45, 2.75) is 17.1 Å². The standard InChI is InChI=1S/C19H17F3N4O2S/c20-19(21,22)11-24-16(27)9-23-17(28)13-7-5-12(6-8-13)10-29-18-25-14-3-1-2-4-15(14)26-18/h1-8H,9-11H2,(H,23,28)(H,24,27)(H,25,26). The molecule has 3 rings (SSSR count). The number of halogens is 3. The predicted octanol–water partition coefficient (Wildman–Crippen LogP) is 3.26. The summed E-state index contributed by atoms with van der Waals surface area (Å²) in [6.07, 6.45) is -4.49. The van der Waals surface area contributed by atoms with Gasteiger partial charge >= 0.3 is 6.18 Å². The fraction of sp³-hybridized carbons (Fsp3) is 0.211. The van der Waals surface area contributed by atoms with E-state index in [1.165, 1.54) is 11.8 Å². The number of hydrogen-bond acceptors (Lipinski definition) is 4. The molecule has 0 aliphatic heterocycles. The second-order valence-corrected chi connectivity index (χ2v) is 7.08. The number of thioether (sulfide) groups is 1. The monoisotopic (exact) mass is 422 g/mol. The number of rotatable bonds is 7. The molecule has 0 atom stereocenters. The number of H-pyrrole nitrogens is 1. The molecule has 29 heavy (non-hydrogen) atoms. The van der Waals surface area contributed by atoms with E-state index in [0.717, 1.165) is 21.8 Å². The molecule has 0 spiro atoms. The van der Waals surface area contributed by atoms with E-state index in [1.54, 1.807) is 29.6 Å². The van der Waals surface area contributed by atoms with Gasteiger partial charge in [-0.2, -0.15) is 13.2 Å². The van der Waals surface area contributed by atoms with Crippen LogP contribution in [0.25, 0.3) is 11.0 Å². The van der Waals surface area contributed by atoms with Crippen LogP contribution >= 0.6 is 11.8 Å². The smallest absolute Gasteiger partial charge is 0.345 e. The molecule has 1 heterocycles. The number of imidazole rings is 1. The average Bonchev–Trinajstić information content (AvgIpc) is 3.12. The molecule has 2 amide bonds. The topological polar surface area (TPSA) is 86.9 Å². The van der Waals surface area contributed by atoms with E-state index in [4.69, 9.17) is 0 Å². The average molecular weight is 422 g/mol. The molecular weight excluding hydrogens is 405 g/mol. The first-order valence-electron chi connectivity index (χ1n) is 8.58. The first-order chi connectivity index (χ1) is 13.8. The molecule has 10 heteroatoms. The van der Waals surface area contributed by atoms with Crippen molar-refractivity contribution in [2.24, 2.45) is 0 Å². The highest BCUT2D eigenvalue weighted by atomic mass is 32.2. The Morgan fingerprint density at radius 2 is 1.76 bits per heavy atom. The molecule has 0 aliphatic carbocycles. The first kappa shape index (κ1) is 20.7. The summed E-state index contributed by atoms with van der Waals surface area (Å²) in [6.45, 7) is -1.96. The van der Waals surface area contributed by atoms with E-state index in [1.807, 2.05) is 24.3 Å². The molecule has 3 aromatic rings. The molecular formula is C19H17F3N4O2S. The van der Waals surface area contributed by atoms with Crippen molar-refractivity contribution >= 4 is 34.6 Å². The molecule has 2 aromatic carbocycles. The summed E-state index contributed by atoms with van der Waals surface area (Å²) >= 11 is 1.52. The highest BCUT2D eigenvalue weighted by molar-refractivity contribution is 7.98. The van der Waals surface area contributed by atoms with Crippen molar-refractivity contribution in [3.63, 3.8) is 0 Å². The van der Waals surface area contributed by atoms with Crippen molar-refractivity contribution in [3.8, 4) is 0 Å². The maximum absolute atomic E-state index is 12.0. The molecule has 0 saturated carbocycles. The zero-order valence-electron chi connectivity index (χ0n) is 15.0. The molecule has 0 fully saturated rings. The van der Waals surface area contributed by atoms with Crippen LogP contribution in [0.1, 0.15) is 15.9 Å². The number of nitrogens with one attached hydrogen (secondary N) is 3. The summed E-state index contributed by atoms with van der Waals surface area (Å²) in [7, 11) is 0. The Labute approximate surface area is 168 Å². The number of para-hydroxylation sites is 2. The van der Waals surface area contributed by atoms with Crippen molar-refractivity contribution in [1.82, 2.24) is 20.6 Å². The fourth-order valence-corrected chi connectivity index (χ4v) is 3.27. The number of amides is 2. The van der Waals surface area contributed by atoms with Crippen molar-refractivity contribution < 1.29 is 22.8 Å². The van der Waals surface area contributed by atoms with Crippen LogP contribution in [0.5, 0.6) is 0 Å². The molecule has 0 saturated heterocycles. The highest BCUT2D eigenvalue weighted by Crippen LogP contribution is 2.23. The number of benzene rings is 2. The van der Waals surface area contributed by atoms with Gasteiger partial charge < -0.3 is 15.6 Å². The summed E-state index contributed by atoms with van der Waals surface area (Å²) < 4.78 is 36.1. The molecule has 0 radical (unpaired) electrons. The highest BCUT2D eigenvalue weighted by Gasteiger charge is 2.27. The van der Waals surface area contributed by atoms with Gasteiger partial charge in [-0.05, 0) is 29.8 Å². The number of aromatic nitrogens is 2. The van der Waals surface area contributed by atoms with E-state index in [0.29, 0.717) is 11.3 Å². The minimum absolute atomic E-state index is 0.311. The van der Waals surface area contributed by atoms with Crippen LogP contribution in [0.2, 0.25) is 0 Å². The summed E-state index contributed by atoms with van der Waals surface area (Å²) in [5.74, 6) is -0.806. The number of carbonyl (C=O) groups is 2. The second-order valence-electron chi connectivity index (χ2n) is 6.12. The van der Waals surface area contributed by atoms with Gasteiger partial charge in [0.25, 0.3) is 5.91 Å². The van der Waals surface area contributed by atoms with Crippen LogP contribution < -0.4 is 10.6 Å². The van der Waals surface area contributed by atoms with Gasteiger partial charge in [-0.25, -0.2) is 4.98 Å². The largest absolute Gasteiger partial charge is 0.405 e. The van der Waals surface area contributed by atoms with Gasteiger partial charge in [-0.15, -0.1) is 0 Å². The Morgan fingerprint density at radius 3 is 2.45 bits per heavy atom. The Bertz CT molecular complexity index is 970. The number of carbonyl (C=O) groups excluding carboxylic acids is 2. The molecule has 3 N–H and O–H groups in total.